The van der Waals surface area contributed by atoms with Gasteiger partial charge in [-0.1, -0.05) is 0 Å². The predicted octanol–water partition coefficient (Wildman–Crippen LogP) is -0.0619. The molecule has 0 radical (unpaired) electrons. The first kappa shape index (κ1) is 13.9. The van der Waals surface area contributed by atoms with Gasteiger partial charge in [0, 0.05) is 32.4 Å². The van der Waals surface area contributed by atoms with E-state index in [1.54, 1.807) is 0 Å². The van der Waals surface area contributed by atoms with Crippen LogP contribution in [0.15, 0.2) is 18.3 Å². The van der Waals surface area contributed by atoms with E-state index in [4.69, 9.17) is 0 Å². The summed E-state index contributed by atoms with van der Waals surface area (Å²) in [5, 5.41) is 0. The highest BCUT2D eigenvalue weighted by molar-refractivity contribution is 7.88. The lowest BCUT2D eigenvalue weighted by Gasteiger charge is -2.33. The molecule has 0 bridgehead atoms. The van der Waals surface area contributed by atoms with E-state index in [0.717, 1.165) is 6.26 Å². The van der Waals surface area contributed by atoms with Crippen LogP contribution in [-0.4, -0.2) is 60.9 Å². The molecule has 1 amide bonds. The molecule has 2 heterocycles. The molecule has 1 aliphatic heterocycles. The monoisotopic (exact) mass is 287 g/mol. The second-order valence-corrected chi connectivity index (χ2v) is 6.28. The van der Waals surface area contributed by atoms with E-state index in [9.17, 15) is 17.6 Å². The van der Waals surface area contributed by atoms with Gasteiger partial charge >= 0.3 is 0 Å². The SMILES string of the molecule is CS(=O)(=O)N1CCN(C(=O)c2cccnc2F)CC1. The standard InChI is InChI=1S/C11H14FN3O3S/c1-19(17,18)15-7-5-14(6-8-15)11(16)9-3-2-4-13-10(9)12/h2-4H,5-8H2,1H3. The Hall–Kier alpha value is -1.54. The van der Waals surface area contributed by atoms with Gasteiger partial charge in [0.2, 0.25) is 16.0 Å². The first-order chi connectivity index (χ1) is 8.89. The van der Waals surface area contributed by atoms with Crippen LogP contribution in [0, 0.1) is 5.95 Å². The van der Waals surface area contributed by atoms with E-state index < -0.39 is 21.9 Å². The van der Waals surface area contributed by atoms with E-state index in [2.05, 4.69) is 4.98 Å². The van der Waals surface area contributed by atoms with Crippen molar-refractivity contribution in [2.24, 2.45) is 0 Å². The van der Waals surface area contributed by atoms with Crippen molar-refractivity contribution in [2.75, 3.05) is 32.4 Å². The van der Waals surface area contributed by atoms with Crippen LogP contribution in [0.4, 0.5) is 4.39 Å². The van der Waals surface area contributed by atoms with E-state index >= 15 is 0 Å². The van der Waals surface area contributed by atoms with Crippen molar-refractivity contribution in [2.45, 2.75) is 0 Å². The number of aromatic nitrogens is 1. The number of pyridine rings is 1. The number of carbonyl (C=O) groups is 1. The number of sulfonamides is 1. The highest BCUT2D eigenvalue weighted by Crippen LogP contribution is 2.12. The van der Waals surface area contributed by atoms with Crippen molar-refractivity contribution in [1.29, 1.82) is 0 Å². The van der Waals surface area contributed by atoms with Gasteiger partial charge in [-0.3, -0.25) is 4.79 Å². The maximum Gasteiger partial charge on any atom is 0.258 e. The summed E-state index contributed by atoms with van der Waals surface area (Å²) < 4.78 is 37.4. The molecule has 0 spiro atoms. The number of nitrogens with zero attached hydrogens (tertiary/aromatic N) is 3. The molecule has 2 rings (SSSR count). The van der Waals surface area contributed by atoms with Gasteiger partial charge in [-0.2, -0.15) is 8.70 Å². The Kier molecular flexibility index (Phi) is 3.81. The zero-order valence-corrected chi connectivity index (χ0v) is 11.2. The molecule has 1 aromatic rings. The molecule has 0 aromatic carbocycles. The predicted molar refractivity (Wildman–Crippen MR) is 66.5 cm³/mol. The molecule has 0 aliphatic carbocycles. The Morgan fingerprint density at radius 2 is 1.95 bits per heavy atom. The molecule has 19 heavy (non-hydrogen) atoms. The lowest BCUT2D eigenvalue weighted by molar-refractivity contribution is 0.0692. The topological polar surface area (TPSA) is 70.6 Å². The van der Waals surface area contributed by atoms with Gasteiger partial charge in [0.15, 0.2) is 0 Å². The average molecular weight is 287 g/mol. The minimum atomic E-state index is -3.24. The minimum Gasteiger partial charge on any atom is -0.336 e. The zero-order valence-electron chi connectivity index (χ0n) is 10.4. The largest absolute Gasteiger partial charge is 0.336 e. The maximum atomic E-state index is 13.4. The van der Waals surface area contributed by atoms with Gasteiger partial charge in [-0.05, 0) is 12.1 Å². The highest BCUT2D eigenvalue weighted by Gasteiger charge is 2.27. The number of carbonyl (C=O) groups excluding carboxylic acids is 1. The molecule has 6 nitrogen and oxygen atoms in total. The molecule has 1 fully saturated rings. The summed E-state index contributed by atoms with van der Waals surface area (Å²) in [5.41, 5.74) is -0.0877. The van der Waals surface area contributed by atoms with Crippen LogP contribution < -0.4 is 0 Å². The molecule has 0 unspecified atom stereocenters. The Morgan fingerprint density at radius 3 is 2.47 bits per heavy atom. The van der Waals surface area contributed by atoms with E-state index in [1.807, 2.05) is 0 Å². The van der Waals surface area contributed by atoms with Gasteiger partial charge < -0.3 is 4.90 Å². The molecular weight excluding hydrogens is 273 g/mol. The Labute approximate surface area is 110 Å². The van der Waals surface area contributed by atoms with Gasteiger partial charge in [0.25, 0.3) is 5.91 Å². The van der Waals surface area contributed by atoms with Crippen molar-refractivity contribution in [1.82, 2.24) is 14.2 Å². The third-order valence-electron chi connectivity index (χ3n) is 2.98. The van der Waals surface area contributed by atoms with Crippen molar-refractivity contribution in [3.05, 3.63) is 29.8 Å². The summed E-state index contributed by atoms with van der Waals surface area (Å²) in [4.78, 5) is 16.9. The number of piperazine rings is 1. The Balaban J connectivity index is 2.07. The van der Waals surface area contributed by atoms with Crippen molar-refractivity contribution >= 4 is 15.9 Å². The summed E-state index contributed by atoms with van der Waals surface area (Å²) in [6.45, 7) is 0.958. The number of hydrogen-bond donors (Lipinski definition) is 0. The van der Waals surface area contributed by atoms with Crippen molar-refractivity contribution in [3.63, 3.8) is 0 Å². The van der Waals surface area contributed by atoms with Gasteiger partial charge in [-0.25, -0.2) is 13.4 Å². The fourth-order valence-corrected chi connectivity index (χ4v) is 2.77. The fourth-order valence-electron chi connectivity index (χ4n) is 1.94. The van der Waals surface area contributed by atoms with E-state index in [0.29, 0.717) is 0 Å². The van der Waals surface area contributed by atoms with Crippen LogP contribution in [0.2, 0.25) is 0 Å². The summed E-state index contributed by atoms with van der Waals surface area (Å²) >= 11 is 0. The van der Waals surface area contributed by atoms with Crippen LogP contribution in [0.25, 0.3) is 0 Å². The number of halogens is 1. The Morgan fingerprint density at radius 1 is 1.32 bits per heavy atom. The average Bonchev–Trinajstić information content (AvgIpc) is 2.38. The zero-order chi connectivity index (χ0) is 14.0. The number of rotatable bonds is 2. The summed E-state index contributed by atoms with van der Waals surface area (Å²) in [7, 11) is -3.24. The molecule has 104 valence electrons. The van der Waals surface area contributed by atoms with Gasteiger partial charge in [-0.15, -0.1) is 0 Å². The Bertz CT molecular complexity index is 583. The summed E-state index contributed by atoms with van der Waals surface area (Å²) in [6.07, 6.45) is 2.40. The molecule has 0 atom stereocenters. The molecular formula is C11H14FN3O3S. The highest BCUT2D eigenvalue weighted by atomic mass is 32.2. The van der Waals surface area contributed by atoms with Crippen LogP contribution in [0.1, 0.15) is 10.4 Å². The smallest absolute Gasteiger partial charge is 0.258 e. The number of hydrogen-bond acceptors (Lipinski definition) is 4. The molecule has 1 saturated heterocycles. The lowest BCUT2D eigenvalue weighted by Crippen LogP contribution is -2.50. The number of amides is 1. The quantitative estimate of drug-likeness (QED) is 0.714. The van der Waals surface area contributed by atoms with Gasteiger partial charge in [0.1, 0.15) is 0 Å². The molecule has 8 heteroatoms. The fraction of sp³-hybridized carbons (Fsp3) is 0.455. The molecule has 1 aliphatic rings. The van der Waals surface area contributed by atoms with Crippen LogP contribution >= 0.6 is 0 Å². The first-order valence-corrected chi connectivity index (χ1v) is 7.59. The van der Waals surface area contributed by atoms with Crippen molar-refractivity contribution in [3.8, 4) is 0 Å². The van der Waals surface area contributed by atoms with Crippen molar-refractivity contribution < 1.29 is 17.6 Å². The molecule has 1 aromatic heterocycles. The second-order valence-electron chi connectivity index (χ2n) is 4.30. The van der Waals surface area contributed by atoms with Gasteiger partial charge in [0.05, 0.1) is 11.8 Å². The normalized spacial score (nSPS) is 17.5. The van der Waals surface area contributed by atoms with Crippen LogP contribution in [0.3, 0.4) is 0 Å². The molecule has 0 N–H and O–H groups in total. The lowest BCUT2D eigenvalue weighted by atomic mass is 10.2. The third-order valence-corrected chi connectivity index (χ3v) is 4.29. The summed E-state index contributed by atoms with van der Waals surface area (Å²) in [6, 6.07) is 2.86. The van der Waals surface area contributed by atoms with Crippen LogP contribution in [-0.2, 0) is 10.0 Å². The van der Waals surface area contributed by atoms with E-state index in [1.165, 1.54) is 27.5 Å². The summed E-state index contributed by atoms with van der Waals surface area (Å²) in [5.74, 6) is -1.27. The van der Waals surface area contributed by atoms with Crippen LogP contribution in [0.5, 0.6) is 0 Å². The van der Waals surface area contributed by atoms with E-state index in [-0.39, 0.29) is 31.7 Å². The minimum absolute atomic E-state index is 0.0877. The maximum absolute atomic E-state index is 13.4. The second kappa shape index (κ2) is 5.22. The molecule has 0 saturated carbocycles. The first-order valence-electron chi connectivity index (χ1n) is 5.74. The third kappa shape index (κ3) is 3.07.